The van der Waals surface area contributed by atoms with E-state index >= 15 is 0 Å². The Morgan fingerprint density at radius 1 is 1.82 bits per heavy atom. The van der Waals surface area contributed by atoms with E-state index in [4.69, 9.17) is 5.90 Å². The molecule has 0 aromatic carbocycles. The molecule has 0 radical (unpaired) electrons. The lowest BCUT2D eigenvalue weighted by Crippen LogP contribution is -2.37. The highest BCUT2D eigenvalue weighted by Gasteiger charge is 2.25. The molecular weight excluding hydrogens is 144 g/mol. The third-order valence-corrected chi connectivity index (χ3v) is 2.07. The van der Waals surface area contributed by atoms with Gasteiger partial charge in [0.05, 0.1) is 12.6 Å². The number of carbonyl (C=O) groups is 1. The molecule has 4 nitrogen and oxygen atoms in total. The largest absolute Gasteiger partial charge is 0.338 e. The van der Waals surface area contributed by atoms with Gasteiger partial charge in [0.2, 0.25) is 5.91 Å². The smallest absolute Gasteiger partial charge is 0.219 e. The first-order valence-electron chi connectivity index (χ1n) is 3.84. The second-order valence-corrected chi connectivity index (χ2v) is 2.84. The van der Waals surface area contributed by atoms with Crippen molar-refractivity contribution in [1.82, 2.24) is 4.90 Å². The fourth-order valence-electron chi connectivity index (χ4n) is 1.53. The van der Waals surface area contributed by atoms with E-state index in [1.54, 1.807) is 6.92 Å². The van der Waals surface area contributed by atoms with Crippen molar-refractivity contribution >= 4 is 5.91 Å². The lowest BCUT2D eigenvalue weighted by Gasteiger charge is -2.21. The van der Waals surface area contributed by atoms with Gasteiger partial charge in [-0.2, -0.15) is 0 Å². The van der Waals surface area contributed by atoms with Crippen LogP contribution in [0.1, 0.15) is 19.8 Å². The van der Waals surface area contributed by atoms with Crippen molar-refractivity contribution in [2.24, 2.45) is 5.90 Å². The first kappa shape index (κ1) is 8.49. The van der Waals surface area contributed by atoms with Gasteiger partial charge in [0, 0.05) is 13.5 Å². The number of nitrogens with zero attached hydrogens (tertiary/aromatic N) is 1. The molecule has 2 N–H and O–H groups in total. The number of hydrogen-bond acceptors (Lipinski definition) is 3. The van der Waals surface area contributed by atoms with Crippen LogP contribution in [0.4, 0.5) is 0 Å². The molecule has 11 heavy (non-hydrogen) atoms. The molecule has 1 amide bonds. The Morgan fingerprint density at radius 3 is 3.09 bits per heavy atom. The Balaban J connectivity index is 2.44. The molecule has 1 fully saturated rings. The molecule has 1 atom stereocenters. The van der Waals surface area contributed by atoms with Crippen molar-refractivity contribution in [3.8, 4) is 0 Å². The van der Waals surface area contributed by atoms with Crippen LogP contribution in [0.2, 0.25) is 0 Å². The monoisotopic (exact) mass is 158 g/mol. The van der Waals surface area contributed by atoms with Crippen molar-refractivity contribution < 1.29 is 9.63 Å². The summed E-state index contributed by atoms with van der Waals surface area (Å²) in [4.78, 5) is 17.3. The van der Waals surface area contributed by atoms with E-state index < -0.39 is 0 Å². The van der Waals surface area contributed by atoms with Gasteiger partial charge in [-0.3, -0.25) is 4.79 Å². The average molecular weight is 158 g/mol. The summed E-state index contributed by atoms with van der Waals surface area (Å²) in [5, 5.41) is 0. The van der Waals surface area contributed by atoms with Crippen LogP contribution in [0, 0.1) is 0 Å². The second-order valence-electron chi connectivity index (χ2n) is 2.84. The van der Waals surface area contributed by atoms with E-state index in [1.807, 2.05) is 4.90 Å². The molecular formula is C7H14N2O2. The van der Waals surface area contributed by atoms with Crippen molar-refractivity contribution in [3.05, 3.63) is 0 Å². The molecule has 0 aromatic heterocycles. The summed E-state index contributed by atoms with van der Waals surface area (Å²) < 4.78 is 0. The van der Waals surface area contributed by atoms with Gasteiger partial charge < -0.3 is 9.74 Å². The number of amides is 1. The second kappa shape index (κ2) is 3.69. The van der Waals surface area contributed by atoms with Crippen LogP contribution in [-0.2, 0) is 9.63 Å². The van der Waals surface area contributed by atoms with Crippen molar-refractivity contribution in [2.75, 3.05) is 13.2 Å². The molecule has 0 spiro atoms. The zero-order chi connectivity index (χ0) is 8.27. The predicted octanol–water partition coefficient (Wildman–Crippen LogP) is -0.112. The fraction of sp³-hybridized carbons (Fsp3) is 0.857. The third kappa shape index (κ3) is 1.91. The van der Waals surface area contributed by atoms with E-state index in [1.165, 1.54) is 0 Å². The number of hydrogen-bond donors (Lipinski definition) is 1. The van der Waals surface area contributed by atoms with Crippen molar-refractivity contribution in [1.29, 1.82) is 0 Å². The lowest BCUT2D eigenvalue weighted by atomic mass is 10.2. The van der Waals surface area contributed by atoms with Gasteiger partial charge in [0.15, 0.2) is 0 Å². The van der Waals surface area contributed by atoms with Crippen LogP contribution in [0.5, 0.6) is 0 Å². The third-order valence-electron chi connectivity index (χ3n) is 2.07. The van der Waals surface area contributed by atoms with Crippen LogP contribution in [-0.4, -0.2) is 30.0 Å². The van der Waals surface area contributed by atoms with E-state index in [9.17, 15) is 4.79 Å². The normalized spacial score (nSPS) is 24.2. The van der Waals surface area contributed by atoms with Gasteiger partial charge in [-0.1, -0.05) is 0 Å². The summed E-state index contributed by atoms with van der Waals surface area (Å²) >= 11 is 0. The van der Waals surface area contributed by atoms with Crippen molar-refractivity contribution in [2.45, 2.75) is 25.8 Å². The quantitative estimate of drug-likeness (QED) is 0.570. The summed E-state index contributed by atoms with van der Waals surface area (Å²) in [6, 6.07) is 0.206. The minimum absolute atomic E-state index is 0.115. The Bertz CT molecular complexity index is 149. The molecule has 1 unspecified atom stereocenters. The zero-order valence-corrected chi connectivity index (χ0v) is 6.75. The minimum Gasteiger partial charge on any atom is -0.338 e. The number of likely N-dealkylation sites (tertiary alicyclic amines) is 1. The number of rotatable bonds is 2. The molecule has 4 heteroatoms. The summed E-state index contributed by atoms with van der Waals surface area (Å²) in [6.45, 7) is 2.89. The maximum Gasteiger partial charge on any atom is 0.219 e. The lowest BCUT2D eigenvalue weighted by molar-refractivity contribution is -0.130. The number of carbonyl (C=O) groups excluding carboxylic acids is 1. The molecule has 0 aromatic rings. The maximum atomic E-state index is 11.0. The standard InChI is InChI=1S/C7H14N2O2/c1-6(10)9-4-2-3-7(9)5-11-8/h7H,2-5,8H2,1H3. The van der Waals surface area contributed by atoms with Crippen LogP contribution >= 0.6 is 0 Å². The predicted molar refractivity (Wildman–Crippen MR) is 40.5 cm³/mol. The Morgan fingerprint density at radius 2 is 2.55 bits per heavy atom. The highest BCUT2D eigenvalue weighted by Crippen LogP contribution is 2.16. The molecule has 0 aliphatic carbocycles. The highest BCUT2D eigenvalue weighted by atomic mass is 16.6. The maximum absolute atomic E-state index is 11.0. The first-order valence-corrected chi connectivity index (χ1v) is 3.84. The van der Waals surface area contributed by atoms with Gasteiger partial charge in [-0.15, -0.1) is 0 Å². The Hall–Kier alpha value is -0.610. The SMILES string of the molecule is CC(=O)N1CCCC1CON. The summed E-state index contributed by atoms with van der Waals surface area (Å²) in [7, 11) is 0. The van der Waals surface area contributed by atoms with Crippen LogP contribution in [0.15, 0.2) is 0 Å². The summed E-state index contributed by atoms with van der Waals surface area (Å²) in [5.74, 6) is 5.05. The molecule has 1 aliphatic rings. The van der Waals surface area contributed by atoms with Crippen LogP contribution in [0.25, 0.3) is 0 Å². The van der Waals surface area contributed by atoms with Crippen LogP contribution < -0.4 is 5.90 Å². The van der Waals surface area contributed by atoms with Crippen LogP contribution in [0.3, 0.4) is 0 Å². The van der Waals surface area contributed by atoms with Crippen molar-refractivity contribution in [3.63, 3.8) is 0 Å². The summed E-state index contributed by atoms with van der Waals surface area (Å²) in [6.07, 6.45) is 2.07. The molecule has 1 aliphatic heterocycles. The minimum atomic E-state index is 0.115. The van der Waals surface area contributed by atoms with Gasteiger partial charge in [-0.05, 0) is 12.8 Å². The van der Waals surface area contributed by atoms with E-state index in [0.29, 0.717) is 6.61 Å². The summed E-state index contributed by atoms with van der Waals surface area (Å²) in [5.41, 5.74) is 0. The van der Waals surface area contributed by atoms with Gasteiger partial charge in [0.25, 0.3) is 0 Å². The van der Waals surface area contributed by atoms with E-state index in [-0.39, 0.29) is 11.9 Å². The molecule has 0 saturated carbocycles. The molecule has 64 valence electrons. The zero-order valence-electron chi connectivity index (χ0n) is 6.75. The molecule has 0 bridgehead atoms. The fourth-order valence-corrected chi connectivity index (χ4v) is 1.53. The topological polar surface area (TPSA) is 55.6 Å². The highest BCUT2D eigenvalue weighted by molar-refractivity contribution is 5.73. The molecule has 1 heterocycles. The number of nitrogens with two attached hydrogens (primary N) is 1. The van der Waals surface area contributed by atoms with Gasteiger partial charge in [-0.25, -0.2) is 5.90 Å². The molecule has 1 rings (SSSR count). The Kier molecular flexibility index (Phi) is 2.84. The van der Waals surface area contributed by atoms with Gasteiger partial charge >= 0.3 is 0 Å². The Labute approximate surface area is 66.3 Å². The van der Waals surface area contributed by atoms with Gasteiger partial charge in [0.1, 0.15) is 0 Å². The van der Waals surface area contributed by atoms with E-state index in [2.05, 4.69) is 4.84 Å². The van der Waals surface area contributed by atoms with E-state index in [0.717, 1.165) is 19.4 Å². The molecule has 1 saturated heterocycles. The average Bonchev–Trinajstić information content (AvgIpc) is 2.36. The first-order chi connectivity index (χ1) is 5.25.